The van der Waals surface area contributed by atoms with E-state index in [2.05, 4.69) is 20.3 Å². The van der Waals surface area contributed by atoms with Crippen LogP contribution in [0, 0.1) is 5.92 Å². The van der Waals surface area contributed by atoms with Crippen LogP contribution in [0.25, 0.3) is 11.0 Å². The smallest absolute Gasteiger partial charge is 0.356 e. The lowest BCUT2D eigenvalue weighted by Crippen LogP contribution is -2.27. The summed E-state index contributed by atoms with van der Waals surface area (Å²) >= 11 is 0. The first-order valence-corrected chi connectivity index (χ1v) is 10.6. The van der Waals surface area contributed by atoms with E-state index in [1.165, 1.54) is 6.33 Å². The third-order valence-electron chi connectivity index (χ3n) is 4.61. The Morgan fingerprint density at radius 3 is 2.63 bits per heavy atom. The number of rotatable bonds is 8. The topological polar surface area (TPSA) is 139 Å². The van der Waals surface area contributed by atoms with Gasteiger partial charge in [0.05, 0.1) is 31.7 Å². The molecule has 1 saturated heterocycles. The van der Waals surface area contributed by atoms with Crippen molar-refractivity contribution in [1.29, 1.82) is 0 Å². The highest BCUT2D eigenvalue weighted by atomic mass is 31.2. The number of nitrogens with one attached hydrogen (secondary N) is 3. The highest BCUT2D eigenvalue weighted by Gasteiger charge is 2.43. The highest BCUT2D eigenvalue weighted by molar-refractivity contribution is 7.53. The van der Waals surface area contributed by atoms with Gasteiger partial charge >= 0.3 is 7.60 Å². The van der Waals surface area contributed by atoms with Crippen LogP contribution in [0.2, 0.25) is 0 Å². The van der Waals surface area contributed by atoms with E-state index in [0.29, 0.717) is 16.6 Å². The van der Waals surface area contributed by atoms with Crippen molar-refractivity contribution in [2.45, 2.75) is 39.1 Å². The normalized spacial score (nSPS) is 26.1. The van der Waals surface area contributed by atoms with E-state index in [9.17, 15) is 14.5 Å². The minimum absolute atomic E-state index is 0.231. The van der Waals surface area contributed by atoms with Gasteiger partial charge in [-0.25, -0.2) is 4.98 Å². The maximum atomic E-state index is 12.7. The molecule has 1 aliphatic heterocycles. The molecule has 0 bridgehead atoms. The molecular formula is C16H25N4O6P. The van der Waals surface area contributed by atoms with Gasteiger partial charge in [-0.2, -0.15) is 0 Å². The van der Waals surface area contributed by atoms with Crippen molar-refractivity contribution in [3.63, 3.8) is 0 Å². The minimum atomic E-state index is -3.39. The fourth-order valence-corrected chi connectivity index (χ4v) is 4.68. The van der Waals surface area contributed by atoms with Crippen molar-refractivity contribution in [1.82, 2.24) is 20.3 Å². The number of hydrogen-bond donors (Lipinski definition) is 4. The van der Waals surface area contributed by atoms with Gasteiger partial charge in [0.2, 0.25) is 0 Å². The second kappa shape index (κ2) is 8.22. The van der Waals surface area contributed by atoms with Crippen LogP contribution in [-0.2, 0) is 18.3 Å². The van der Waals surface area contributed by atoms with Crippen LogP contribution in [0.15, 0.2) is 17.3 Å². The zero-order valence-corrected chi connectivity index (χ0v) is 16.4. The Morgan fingerprint density at radius 1 is 1.26 bits per heavy atom. The molecule has 1 fully saturated rings. The van der Waals surface area contributed by atoms with Gasteiger partial charge in [0.25, 0.3) is 5.56 Å². The second-order valence-electron chi connectivity index (χ2n) is 6.35. The van der Waals surface area contributed by atoms with Gasteiger partial charge in [-0.15, -0.1) is 0 Å². The first-order chi connectivity index (χ1) is 12.9. The average Bonchev–Trinajstić information content (AvgIpc) is 3.17. The van der Waals surface area contributed by atoms with Crippen molar-refractivity contribution in [2.75, 3.05) is 19.6 Å². The lowest BCUT2D eigenvalue weighted by atomic mass is 9.98. The third kappa shape index (κ3) is 4.01. The number of aliphatic hydroxyl groups excluding tert-OH is 1. The Labute approximate surface area is 156 Å². The quantitative estimate of drug-likeness (QED) is 0.489. The van der Waals surface area contributed by atoms with E-state index >= 15 is 0 Å². The van der Waals surface area contributed by atoms with Gasteiger partial charge in [-0.3, -0.25) is 14.7 Å². The molecule has 1 aliphatic rings. The van der Waals surface area contributed by atoms with Gasteiger partial charge in [0.1, 0.15) is 23.6 Å². The number of hydrogen-bond acceptors (Lipinski definition) is 8. The summed E-state index contributed by atoms with van der Waals surface area (Å²) in [5.74, 6) is -0.293. The number of fused-ring (bicyclic) bond motifs is 1. The molecule has 3 rings (SSSR count). The van der Waals surface area contributed by atoms with E-state index in [1.54, 1.807) is 20.0 Å². The van der Waals surface area contributed by atoms with Gasteiger partial charge in [-0.05, 0) is 13.8 Å². The van der Waals surface area contributed by atoms with E-state index in [0.717, 1.165) is 0 Å². The maximum Gasteiger partial charge on any atom is 0.356 e. The number of ether oxygens (including phenoxy) is 1. The van der Waals surface area contributed by atoms with E-state index in [-0.39, 0.29) is 31.0 Å². The summed E-state index contributed by atoms with van der Waals surface area (Å²) in [6.45, 7) is 5.75. The molecule has 10 nitrogen and oxygen atoms in total. The van der Waals surface area contributed by atoms with Crippen molar-refractivity contribution in [2.24, 2.45) is 5.92 Å². The molecule has 4 atom stereocenters. The third-order valence-corrected chi connectivity index (χ3v) is 6.37. The van der Waals surface area contributed by atoms with Crippen molar-refractivity contribution in [3.8, 4) is 0 Å². The van der Waals surface area contributed by atoms with Gasteiger partial charge in [0, 0.05) is 17.7 Å². The van der Waals surface area contributed by atoms with Crippen molar-refractivity contribution >= 4 is 18.6 Å². The molecule has 2 aromatic heterocycles. The summed E-state index contributed by atoms with van der Waals surface area (Å²) in [6, 6.07) is -0.449. The number of aromatic amines is 2. The standard InChI is InChI=1S/C16H25N4O6P/c1-4-25-27(23,26-5-2)8-24-14-9(3)15(21)20-12(14)10-6-17-13-11(10)18-7-19-16(13)22/h6-7,9,12,14-15,17,20-21H,4-5,8H2,1-3H3,(H,18,19,22)/t9-,12-,14+,15+/m0/s1. The average molecular weight is 400 g/mol. The van der Waals surface area contributed by atoms with Crippen LogP contribution in [0.3, 0.4) is 0 Å². The first kappa shape index (κ1) is 20.2. The summed E-state index contributed by atoms with van der Waals surface area (Å²) in [7, 11) is -3.39. The summed E-state index contributed by atoms with van der Waals surface area (Å²) in [6.07, 6.45) is 1.41. The van der Waals surface area contributed by atoms with Crippen LogP contribution < -0.4 is 10.9 Å². The Bertz CT molecular complexity index is 873. The molecule has 0 amide bonds. The Morgan fingerprint density at radius 2 is 1.96 bits per heavy atom. The molecule has 0 unspecified atom stereocenters. The molecule has 0 aliphatic carbocycles. The van der Waals surface area contributed by atoms with E-state index < -0.39 is 26.0 Å². The van der Waals surface area contributed by atoms with E-state index in [1.807, 2.05) is 6.92 Å². The Hall–Kier alpha value is -1.55. The molecule has 4 N–H and O–H groups in total. The monoisotopic (exact) mass is 400 g/mol. The Balaban J connectivity index is 1.87. The molecular weight excluding hydrogens is 375 g/mol. The second-order valence-corrected chi connectivity index (χ2v) is 8.35. The molecule has 3 heterocycles. The number of aliphatic hydroxyl groups is 1. The summed E-state index contributed by atoms with van der Waals surface area (Å²) in [4.78, 5) is 21.6. The number of H-pyrrole nitrogens is 2. The predicted molar refractivity (Wildman–Crippen MR) is 98.4 cm³/mol. The molecule has 0 aromatic carbocycles. The predicted octanol–water partition coefficient (Wildman–Crippen LogP) is 1.46. The molecule has 11 heteroatoms. The zero-order valence-electron chi connectivity index (χ0n) is 15.5. The summed E-state index contributed by atoms with van der Waals surface area (Å²) in [5, 5.41) is 13.3. The summed E-state index contributed by atoms with van der Waals surface area (Å²) in [5.41, 5.74) is 1.24. The molecule has 0 spiro atoms. The van der Waals surface area contributed by atoms with Crippen LogP contribution in [0.4, 0.5) is 0 Å². The molecule has 150 valence electrons. The maximum absolute atomic E-state index is 12.7. The first-order valence-electron chi connectivity index (χ1n) is 8.88. The lowest BCUT2D eigenvalue weighted by molar-refractivity contribution is 0.0146. The fourth-order valence-electron chi connectivity index (χ4n) is 3.32. The Kier molecular flexibility index (Phi) is 6.15. The SMILES string of the molecule is CCOP(=O)(CO[C@@H]1[C@H](C)[C@@H](O)N[C@H]1c1c[nH]c2c(=O)[nH]cnc12)OCC. The highest BCUT2D eigenvalue weighted by Crippen LogP contribution is 2.49. The molecule has 2 aromatic rings. The summed E-state index contributed by atoms with van der Waals surface area (Å²) < 4.78 is 29.1. The van der Waals surface area contributed by atoms with Gasteiger partial charge < -0.3 is 28.9 Å². The van der Waals surface area contributed by atoms with Crippen molar-refractivity contribution < 1.29 is 23.5 Å². The largest absolute Gasteiger partial charge is 0.378 e. The fraction of sp³-hybridized carbons (Fsp3) is 0.625. The van der Waals surface area contributed by atoms with Gasteiger partial charge in [0.15, 0.2) is 0 Å². The molecule has 27 heavy (non-hydrogen) atoms. The van der Waals surface area contributed by atoms with Crippen LogP contribution in [0.1, 0.15) is 32.4 Å². The van der Waals surface area contributed by atoms with Crippen molar-refractivity contribution in [3.05, 3.63) is 28.4 Å². The van der Waals surface area contributed by atoms with E-state index in [4.69, 9.17) is 13.8 Å². The van der Waals surface area contributed by atoms with Crippen LogP contribution in [0.5, 0.6) is 0 Å². The number of aromatic nitrogens is 3. The number of nitrogens with zero attached hydrogens (tertiary/aromatic N) is 1. The molecule has 0 saturated carbocycles. The van der Waals surface area contributed by atoms with Gasteiger partial charge in [-0.1, -0.05) is 6.92 Å². The van der Waals surface area contributed by atoms with Crippen LogP contribution >= 0.6 is 7.60 Å². The zero-order chi connectivity index (χ0) is 19.6. The van der Waals surface area contributed by atoms with Crippen LogP contribution in [-0.4, -0.2) is 52.0 Å². The minimum Gasteiger partial charge on any atom is -0.378 e. The lowest BCUT2D eigenvalue weighted by Gasteiger charge is -2.25. The molecule has 0 radical (unpaired) electrons.